The molecule has 1 aromatic carbocycles. The number of nitrogens with one attached hydrogen (secondary N) is 1. The van der Waals surface area contributed by atoms with Gasteiger partial charge in [0, 0.05) is 14.2 Å². The summed E-state index contributed by atoms with van der Waals surface area (Å²) in [4.78, 5) is 3.49. The van der Waals surface area contributed by atoms with Crippen molar-refractivity contribution >= 4 is 54.4 Å². The molecule has 0 unspecified atom stereocenters. The average Bonchev–Trinajstić information content (AvgIpc) is 2.31. The number of hydrogen-bond donors (Lipinski definition) is 1. The highest BCUT2D eigenvalue weighted by Crippen LogP contribution is 2.21. The van der Waals surface area contributed by atoms with Crippen LogP contribution in [0.5, 0.6) is 0 Å². The van der Waals surface area contributed by atoms with Crippen LogP contribution in [-0.2, 0) is 10.0 Å². The van der Waals surface area contributed by atoms with Crippen molar-refractivity contribution in [3.05, 3.63) is 50.4 Å². The number of hydrogen-bond acceptors (Lipinski definition) is 3. The van der Waals surface area contributed by atoms with E-state index in [0.29, 0.717) is 4.47 Å². The van der Waals surface area contributed by atoms with Crippen LogP contribution in [0.15, 0.2) is 45.9 Å². The maximum Gasteiger partial charge on any atom is 0.265 e. The quantitative estimate of drug-likeness (QED) is 0.720. The molecule has 0 saturated heterocycles. The molecule has 0 aliphatic carbocycles. The van der Waals surface area contributed by atoms with Crippen LogP contribution in [0.2, 0.25) is 0 Å². The van der Waals surface area contributed by atoms with Crippen molar-refractivity contribution in [1.82, 2.24) is 4.98 Å². The summed E-state index contributed by atoms with van der Waals surface area (Å²) < 4.78 is 41.2. The smallest absolute Gasteiger partial charge is 0.263 e. The van der Waals surface area contributed by atoms with Gasteiger partial charge < -0.3 is 0 Å². The second-order valence-electron chi connectivity index (χ2n) is 3.54. The lowest BCUT2D eigenvalue weighted by Gasteiger charge is -2.08. The molecule has 0 fully saturated rings. The number of rotatable bonds is 3. The Labute approximate surface area is 131 Å². The van der Waals surface area contributed by atoms with E-state index >= 15 is 0 Å². The van der Waals surface area contributed by atoms with E-state index in [1.807, 2.05) is 22.6 Å². The Morgan fingerprint density at radius 3 is 2.58 bits per heavy atom. The minimum Gasteiger partial charge on any atom is -0.263 e. The number of pyridine rings is 1. The summed E-state index contributed by atoms with van der Waals surface area (Å²) >= 11 is 5.12. The molecule has 2 aromatic rings. The highest BCUT2D eigenvalue weighted by Gasteiger charge is 2.19. The molecule has 1 heterocycles. The molecular weight excluding hydrogens is 450 g/mol. The van der Waals surface area contributed by atoms with Crippen LogP contribution in [0.25, 0.3) is 0 Å². The van der Waals surface area contributed by atoms with Crippen LogP contribution >= 0.6 is 38.5 Å². The molecule has 1 aromatic heterocycles. The van der Waals surface area contributed by atoms with Gasteiger partial charge in [0.15, 0.2) is 0 Å². The maximum atomic E-state index is 13.6. The topological polar surface area (TPSA) is 59.1 Å². The maximum absolute atomic E-state index is 13.6. The number of nitrogens with zero attached hydrogens (tertiary/aromatic N) is 1. The zero-order chi connectivity index (χ0) is 14.0. The average molecular weight is 457 g/mol. The van der Waals surface area contributed by atoms with E-state index in [-0.39, 0.29) is 5.82 Å². The van der Waals surface area contributed by atoms with Gasteiger partial charge in [0.25, 0.3) is 10.0 Å². The van der Waals surface area contributed by atoms with Crippen LogP contribution in [0.3, 0.4) is 0 Å². The summed E-state index contributed by atoms with van der Waals surface area (Å²) in [6.07, 6.45) is 1.51. The zero-order valence-corrected chi connectivity index (χ0v) is 13.8. The molecule has 19 heavy (non-hydrogen) atoms. The predicted molar refractivity (Wildman–Crippen MR) is 81.9 cm³/mol. The number of sulfonamides is 1. The summed E-state index contributed by atoms with van der Waals surface area (Å²) in [5.41, 5.74) is 0. The third-order valence-corrected chi connectivity index (χ3v) is 4.67. The third kappa shape index (κ3) is 3.63. The molecule has 0 spiro atoms. The lowest BCUT2D eigenvalue weighted by Crippen LogP contribution is -2.15. The van der Waals surface area contributed by atoms with Gasteiger partial charge in [-0.15, -0.1) is 0 Å². The second kappa shape index (κ2) is 5.71. The SMILES string of the molecule is O=S(=O)(Nc1ccc(I)cn1)c1ccc(Br)cc1F. The van der Waals surface area contributed by atoms with Gasteiger partial charge in [0.1, 0.15) is 16.5 Å². The molecule has 0 aliphatic heterocycles. The van der Waals surface area contributed by atoms with Gasteiger partial charge in [-0.25, -0.2) is 17.8 Å². The Morgan fingerprint density at radius 1 is 1.26 bits per heavy atom. The fourth-order valence-corrected chi connectivity index (χ4v) is 3.04. The Kier molecular flexibility index (Phi) is 4.41. The summed E-state index contributed by atoms with van der Waals surface area (Å²) in [5.74, 6) is -0.685. The summed E-state index contributed by atoms with van der Waals surface area (Å²) in [6, 6.07) is 6.95. The first-order valence-corrected chi connectivity index (χ1v) is 8.33. The van der Waals surface area contributed by atoms with Gasteiger partial charge in [-0.1, -0.05) is 15.9 Å². The summed E-state index contributed by atoms with van der Waals surface area (Å²) in [5, 5.41) is 0. The van der Waals surface area contributed by atoms with E-state index in [0.717, 1.165) is 9.64 Å². The third-order valence-electron chi connectivity index (χ3n) is 2.15. The van der Waals surface area contributed by atoms with Crippen molar-refractivity contribution < 1.29 is 12.8 Å². The van der Waals surface area contributed by atoms with E-state index in [2.05, 4.69) is 25.6 Å². The van der Waals surface area contributed by atoms with Crippen molar-refractivity contribution in [2.45, 2.75) is 4.90 Å². The van der Waals surface area contributed by atoms with Crippen LogP contribution in [0.1, 0.15) is 0 Å². The standard InChI is InChI=1S/C11H7BrFIN2O2S/c12-7-1-3-10(9(13)5-7)19(17,18)16-11-4-2-8(14)6-15-11/h1-6H,(H,15,16). The van der Waals surface area contributed by atoms with Gasteiger partial charge in [0.05, 0.1) is 0 Å². The Balaban J connectivity index is 2.35. The van der Waals surface area contributed by atoms with Gasteiger partial charge in [-0.3, -0.25) is 4.72 Å². The minimum atomic E-state index is -3.98. The lowest BCUT2D eigenvalue weighted by molar-refractivity contribution is 0.569. The minimum absolute atomic E-state index is 0.141. The van der Waals surface area contributed by atoms with Gasteiger partial charge in [0.2, 0.25) is 0 Å². The second-order valence-corrected chi connectivity index (χ2v) is 7.35. The van der Waals surface area contributed by atoms with Gasteiger partial charge >= 0.3 is 0 Å². The number of aromatic nitrogens is 1. The Hall–Kier alpha value is -0.740. The van der Waals surface area contributed by atoms with Crippen LogP contribution in [0, 0.1) is 9.39 Å². The highest BCUT2D eigenvalue weighted by atomic mass is 127. The normalized spacial score (nSPS) is 11.3. The van der Waals surface area contributed by atoms with Crippen molar-refractivity contribution in [1.29, 1.82) is 0 Å². The fraction of sp³-hybridized carbons (Fsp3) is 0. The largest absolute Gasteiger partial charge is 0.265 e. The first kappa shape index (κ1) is 14.7. The molecule has 4 nitrogen and oxygen atoms in total. The molecule has 1 N–H and O–H groups in total. The lowest BCUT2D eigenvalue weighted by atomic mass is 10.3. The molecule has 0 amide bonds. The molecule has 0 radical (unpaired) electrons. The van der Waals surface area contributed by atoms with Crippen molar-refractivity contribution in [3.8, 4) is 0 Å². The van der Waals surface area contributed by atoms with Crippen LogP contribution in [-0.4, -0.2) is 13.4 Å². The first-order valence-electron chi connectivity index (χ1n) is 4.98. The fourth-order valence-electron chi connectivity index (χ4n) is 1.32. The summed E-state index contributed by atoms with van der Waals surface area (Å²) in [6.45, 7) is 0. The molecule has 2 rings (SSSR count). The number of benzene rings is 1. The van der Waals surface area contributed by atoms with Gasteiger partial charge in [-0.05, 0) is 52.9 Å². The van der Waals surface area contributed by atoms with Crippen molar-refractivity contribution in [2.24, 2.45) is 0 Å². The van der Waals surface area contributed by atoms with Crippen LogP contribution in [0.4, 0.5) is 10.2 Å². The zero-order valence-electron chi connectivity index (χ0n) is 9.27. The van der Waals surface area contributed by atoms with Gasteiger partial charge in [-0.2, -0.15) is 0 Å². The van der Waals surface area contributed by atoms with Crippen molar-refractivity contribution in [2.75, 3.05) is 4.72 Å². The molecule has 0 bridgehead atoms. The predicted octanol–water partition coefficient (Wildman–Crippen LogP) is 3.39. The first-order chi connectivity index (χ1) is 8.88. The highest BCUT2D eigenvalue weighted by molar-refractivity contribution is 14.1. The molecule has 8 heteroatoms. The molecule has 0 aliphatic rings. The van der Waals surface area contributed by atoms with E-state index < -0.39 is 20.7 Å². The van der Waals surface area contributed by atoms with E-state index in [9.17, 15) is 12.8 Å². The van der Waals surface area contributed by atoms with E-state index in [1.165, 1.54) is 24.4 Å². The Morgan fingerprint density at radius 2 is 2.00 bits per heavy atom. The molecular formula is C11H7BrFIN2O2S. The molecule has 0 saturated carbocycles. The Bertz CT molecular complexity index is 707. The summed E-state index contributed by atoms with van der Waals surface area (Å²) in [7, 11) is -3.98. The molecule has 100 valence electrons. The van der Waals surface area contributed by atoms with E-state index in [1.54, 1.807) is 6.07 Å². The van der Waals surface area contributed by atoms with Crippen LogP contribution < -0.4 is 4.72 Å². The monoisotopic (exact) mass is 456 g/mol. The number of anilines is 1. The molecule has 0 atom stereocenters. The van der Waals surface area contributed by atoms with Crippen molar-refractivity contribution in [3.63, 3.8) is 0 Å². The van der Waals surface area contributed by atoms with E-state index in [4.69, 9.17) is 0 Å². The number of halogens is 3.